The number of carbonyl (C=O) groups excluding carboxylic acids is 5. The average Bonchev–Trinajstić information content (AvgIpc) is 0.795. The van der Waals surface area contributed by atoms with Gasteiger partial charge >= 0.3 is 18.0 Å². The third-order valence-corrected chi connectivity index (χ3v) is 27.6. The Hall–Kier alpha value is -10.1. The SMILES string of the molecule is COCCOCCOCCOCCOCCOCCOCCOCCOCCOCCOCCOc1ccc(C[C@@H](C(=O)NCCCCc2ccc(COC(=O)N(CCOC34CC5(C)CC(C)(CC(Cn6ncc(-c7ccc(N8CCc9cccc(C(=O)Nc%10nc%11ccccc%11s%10)c9C8)nc7C(=O)O)c6C)(C5)C3)C4)CCS(=O)(=O)O)c(O[C@@H]3C[C@H](C(=O)O)[C@@H](O)[C@H](O)[C@H]3O)c2)N2C(=O)C=CC2=O)cc1. The number of nitrogens with one attached hydrogen (secondary N) is 2. The number of aromatic carboxylic acids is 1. The number of aliphatic hydroxyl groups is 3. The summed E-state index contributed by atoms with van der Waals surface area (Å²) in [4.78, 5) is 108. The number of pyridine rings is 1. The summed E-state index contributed by atoms with van der Waals surface area (Å²) in [7, 11) is -3.01. The minimum atomic E-state index is -4.64. The molecule has 0 spiro atoms. The summed E-state index contributed by atoms with van der Waals surface area (Å²) in [5.74, 6) is -6.25. The molecule has 5 fully saturated rings. The molecule has 4 bridgehead atoms. The van der Waals surface area contributed by atoms with Gasteiger partial charge in [-0.05, 0) is 158 Å². The number of unbranched alkanes of at least 4 members (excludes halogenated alkanes) is 1. The number of carboxylic acid groups (broad SMARTS) is 2. The number of carboxylic acids is 2. The maximum Gasteiger partial charge on any atom is 0.410 e. The number of aliphatic carboxylic acids is 1. The van der Waals surface area contributed by atoms with E-state index in [-0.39, 0.29) is 78.5 Å². The van der Waals surface area contributed by atoms with E-state index in [1.807, 2.05) is 52.9 Å². The Bertz CT molecular complexity index is 5360. The van der Waals surface area contributed by atoms with Crippen molar-refractivity contribution in [1.82, 2.24) is 34.9 Å². The second-order valence-corrected chi connectivity index (χ2v) is 39.6. The van der Waals surface area contributed by atoms with E-state index in [1.54, 1.807) is 74.0 Å². The van der Waals surface area contributed by atoms with E-state index in [0.717, 1.165) is 68.3 Å². The summed E-state index contributed by atoms with van der Waals surface area (Å²) in [6.45, 7) is 16.1. The van der Waals surface area contributed by atoms with Crippen molar-refractivity contribution in [2.45, 2.75) is 154 Å². The highest BCUT2D eigenvalue weighted by atomic mass is 32.2. The number of para-hydroxylation sites is 1. The number of imide groups is 1. The molecule has 764 valence electrons. The number of anilines is 2. The third kappa shape index (κ3) is 30.5. The average molecular weight is 1990 g/mol. The lowest BCUT2D eigenvalue weighted by Gasteiger charge is -2.69. The normalized spacial score (nSPS) is 21.7. The van der Waals surface area contributed by atoms with Crippen LogP contribution in [0.2, 0.25) is 0 Å². The first-order valence-electron chi connectivity index (χ1n) is 47.7. The molecule has 8 atom stereocenters. The molecule has 5 aliphatic carbocycles. The van der Waals surface area contributed by atoms with Crippen molar-refractivity contribution in [2.75, 3.05) is 201 Å². The van der Waals surface area contributed by atoms with E-state index in [1.165, 1.54) is 11.3 Å². The molecule has 2 unspecified atom stereocenters. The Morgan fingerprint density at radius 3 is 1.83 bits per heavy atom. The van der Waals surface area contributed by atoms with Gasteiger partial charge in [0.15, 0.2) is 10.8 Å². The molecule has 7 aromatic rings. The molecular weight excluding hydrogens is 1860 g/mol. The zero-order valence-electron chi connectivity index (χ0n) is 79.8. The number of hydrogen-bond donors (Lipinski definition) is 8. The predicted molar refractivity (Wildman–Crippen MR) is 510 cm³/mol. The number of benzene rings is 4. The fraction of sp³-hybridized carbons (Fsp3) is 0.576. The van der Waals surface area contributed by atoms with Crippen LogP contribution in [0.3, 0.4) is 0 Å². The quantitative estimate of drug-likeness (QED) is 0.0101. The monoisotopic (exact) mass is 1990 g/mol. The number of amides is 5. The summed E-state index contributed by atoms with van der Waals surface area (Å²) < 4.78 is 123. The number of methoxy groups -OCH3 is 1. The van der Waals surface area contributed by atoms with Crippen molar-refractivity contribution in [2.24, 2.45) is 22.2 Å². The van der Waals surface area contributed by atoms with Crippen molar-refractivity contribution in [3.05, 3.63) is 160 Å². The smallest absolute Gasteiger partial charge is 0.410 e. The van der Waals surface area contributed by atoms with Gasteiger partial charge in [-0.15, -0.1) is 0 Å². The molecule has 8 N–H and O–H groups in total. The summed E-state index contributed by atoms with van der Waals surface area (Å²) in [5, 5.41) is 65.0. The fourth-order valence-electron chi connectivity index (χ4n) is 20.4. The Balaban J connectivity index is 0.547. The number of thiazole rings is 1. The van der Waals surface area contributed by atoms with Gasteiger partial charge in [0.2, 0.25) is 5.91 Å². The standard InChI is InChI=1S/C99H131N9O30S2/c1-67-76(73-21-22-83(103-86(73)93(118)119)106-27-25-70-11-9-12-74(77(70)58-106)90(114)104-94-102-78-13-5-6-14-82(78)139-94)57-101-107(67)66-98-61-96(2)60-97(3,62-98)64-99(63-96,65-98)137-30-28-105(29-53-140(121,122)123)95(120)136-59-71-18-15-68(55-80(71)138-81-56-75(92(116)117)87(111)89(113)88(81)112)10-7-8-26-100-91(115)79(108-84(109)23-24-85(108)110)54-69-16-19-72(20-17-69)135-52-51-134-50-49-133-48-47-132-46-45-131-44-43-130-42-41-129-40-39-128-38-37-127-36-35-126-34-33-125-32-31-124-4/h5-6,9,11-24,55,57,75,79,81,87-89,111-113H,7-8,10,25-54,56,58-66H2,1-4H3,(H,100,115)(H,116,117)(H,118,119)(H,102,104,114)(H,121,122,123)/t75-,79-,81+,87+,88-,89-,96?,97?,98?,99?/m0/s1. The van der Waals surface area contributed by atoms with Gasteiger partial charge in [0.05, 0.1) is 185 Å². The molecule has 41 heteroatoms. The summed E-state index contributed by atoms with van der Waals surface area (Å²) >= 11 is 1.39. The molecule has 5 heterocycles. The maximum absolute atomic E-state index is 14.5. The second kappa shape index (κ2) is 51.7. The zero-order valence-corrected chi connectivity index (χ0v) is 81.4. The van der Waals surface area contributed by atoms with E-state index >= 15 is 0 Å². The Morgan fingerprint density at radius 2 is 1.24 bits per heavy atom. The molecule has 140 heavy (non-hydrogen) atoms. The Labute approximate surface area is 817 Å². The van der Waals surface area contributed by atoms with Gasteiger partial charge in [-0.3, -0.25) is 43.4 Å². The van der Waals surface area contributed by atoms with Crippen LogP contribution in [0.5, 0.6) is 11.5 Å². The van der Waals surface area contributed by atoms with Gasteiger partial charge in [-0.1, -0.05) is 73.7 Å². The van der Waals surface area contributed by atoms with Crippen LogP contribution in [-0.4, -0.2) is 337 Å². The number of aryl methyl sites for hydroxylation is 1. The number of aromatic nitrogens is 4. The van der Waals surface area contributed by atoms with Gasteiger partial charge in [-0.25, -0.2) is 19.6 Å². The van der Waals surface area contributed by atoms with Gasteiger partial charge in [0.1, 0.15) is 54.9 Å². The number of rotatable bonds is 62. The van der Waals surface area contributed by atoms with Crippen molar-refractivity contribution in [3.8, 4) is 22.6 Å². The number of aliphatic hydroxyl groups excluding tert-OH is 3. The summed E-state index contributed by atoms with van der Waals surface area (Å²) in [5.41, 5.74) is 4.74. The first-order chi connectivity index (χ1) is 67.5. The van der Waals surface area contributed by atoms with E-state index in [0.29, 0.717) is 241 Å². The predicted octanol–water partition coefficient (Wildman–Crippen LogP) is 8.14. The van der Waals surface area contributed by atoms with Gasteiger partial charge in [0, 0.05) is 99.3 Å². The van der Waals surface area contributed by atoms with Gasteiger partial charge < -0.3 is 112 Å². The summed E-state index contributed by atoms with van der Waals surface area (Å²) in [6, 6.07) is 27.4. The Kier molecular flexibility index (Phi) is 39.6. The van der Waals surface area contributed by atoms with Crippen LogP contribution in [0, 0.1) is 29.1 Å². The lowest BCUT2D eigenvalue weighted by Crippen LogP contribution is -2.64. The molecule has 0 radical (unpaired) electrons. The summed E-state index contributed by atoms with van der Waals surface area (Å²) in [6.07, 6.45) is 1.91. The molecule has 4 aromatic carbocycles. The van der Waals surface area contributed by atoms with Crippen LogP contribution >= 0.6 is 11.3 Å². The molecule has 39 nitrogen and oxygen atoms in total. The Morgan fingerprint density at radius 1 is 0.636 bits per heavy atom. The van der Waals surface area contributed by atoms with Crippen LogP contribution in [0.4, 0.5) is 15.7 Å². The van der Waals surface area contributed by atoms with Crippen LogP contribution in [0.25, 0.3) is 21.3 Å². The van der Waals surface area contributed by atoms with E-state index in [4.69, 9.17) is 81.1 Å². The van der Waals surface area contributed by atoms with Crippen LogP contribution in [-0.2, 0) is 130 Å². The van der Waals surface area contributed by atoms with E-state index in [9.17, 15) is 72.1 Å². The molecule has 14 rings (SSSR count). The minimum Gasteiger partial charge on any atom is -0.491 e. The molecular formula is C99H131N9O30S2. The molecule has 5 saturated carbocycles. The minimum absolute atomic E-state index is 0.0112. The lowest BCUT2D eigenvalue weighted by molar-refractivity contribution is -0.248. The first kappa shape index (κ1) is 107. The molecule has 2 aliphatic heterocycles. The first-order valence-corrected chi connectivity index (χ1v) is 50.1. The van der Waals surface area contributed by atoms with Crippen molar-refractivity contribution >= 4 is 84.3 Å². The number of carbonyl (C=O) groups is 7. The largest absolute Gasteiger partial charge is 0.491 e. The lowest BCUT2D eigenvalue weighted by atomic mass is 9.39. The topological polar surface area (TPSA) is 491 Å². The molecule has 7 aliphatic rings. The van der Waals surface area contributed by atoms with Crippen LogP contribution in [0.15, 0.2) is 115 Å². The molecule has 3 aromatic heterocycles. The van der Waals surface area contributed by atoms with E-state index in [2.05, 4.69) is 29.5 Å². The van der Waals surface area contributed by atoms with E-state index < -0.39 is 113 Å². The fourth-order valence-corrected chi connectivity index (χ4v) is 21.7. The maximum atomic E-state index is 14.5. The third-order valence-electron chi connectivity index (χ3n) is 26.0. The highest BCUT2D eigenvalue weighted by molar-refractivity contribution is 7.85. The highest BCUT2D eigenvalue weighted by Gasteiger charge is 2.66. The van der Waals surface area contributed by atoms with Crippen molar-refractivity contribution in [3.63, 3.8) is 0 Å². The van der Waals surface area contributed by atoms with Crippen molar-refractivity contribution in [1.29, 1.82) is 0 Å². The second-order valence-electron chi connectivity index (χ2n) is 37.0. The van der Waals surface area contributed by atoms with Crippen LogP contribution < -0.4 is 25.0 Å². The number of hydrogen-bond acceptors (Lipinski definition) is 32. The van der Waals surface area contributed by atoms with Gasteiger partial charge in [-0.2, -0.15) is 13.5 Å². The number of nitrogens with zero attached hydrogens (tertiary/aromatic N) is 7. The van der Waals surface area contributed by atoms with Gasteiger partial charge in [0.25, 0.3) is 27.8 Å². The number of ether oxygens (including phenoxy) is 15. The number of fused-ring (bicyclic) bond motifs is 2. The molecule has 5 amide bonds. The van der Waals surface area contributed by atoms with Crippen LogP contribution in [0.1, 0.15) is 126 Å². The van der Waals surface area contributed by atoms with Crippen molar-refractivity contribution < 1.29 is 143 Å². The zero-order chi connectivity index (χ0) is 99.2. The highest BCUT2D eigenvalue weighted by Crippen LogP contribution is 2.72. The molecule has 0 saturated heterocycles.